The number of benzene rings is 3. The van der Waals surface area contributed by atoms with Crippen LogP contribution in [0.5, 0.6) is 0 Å². The first-order chi connectivity index (χ1) is 14.4. The molecule has 0 atom stereocenters. The molecule has 0 aliphatic carbocycles. The summed E-state index contributed by atoms with van der Waals surface area (Å²) in [6.07, 6.45) is 0. The number of aryl methyl sites for hydroxylation is 6. The van der Waals surface area contributed by atoms with Crippen LogP contribution in [0.3, 0.4) is 0 Å². The maximum absolute atomic E-state index is 2.35. The molecule has 0 saturated carbocycles. The van der Waals surface area contributed by atoms with Gasteiger partial charge in [-0.05, 0) is 116 Å². The quantitative estimate of drug-likeness (QED) is 0.472. The van der Waals surface area contributed by atoms with Crippen LogP contribution in [0.4, 0.5) is 0 Å². The van der Waals surface area contributed by atoms with Crippen LogP contribution in [0.25, 0.3) is 0 Å². The average Bonchev–Trinajstić information content (AvgIpc) is 2.69. The van der Waals surface area contributed by atoms with Gasteiger partial charge in [0.05, 0.1) is 0 Å². The zero-order valence-electron chi connectivity index (χ0n) is 21.8. The van der Waals surface area contributed by atoms with E-state index in [1.54, 1.807) is 0 Å². The Bertz CT molecular complexity index is 965. The predicted octanol–water partition coefficient (Wildman–Crippen LogP) is 5.90. The van der Waals surface area contributed by atoms with Crippen LogP contribution in [0.2, 0.25) is 0 Å². The van der Waals surface area contributed by atoms with Gasteiger partial charge in [-0.15, -0.1) is 0 Å². The van der Waals surface area contributed by atoms with Crippen molar-refractivity contribution in [3.8, 4) is 0 Å². The van der Waals surface area contributed by atoms with E-state index in [0.29, 0.717) is 0 Å². The van der Waals surface area contributed by atoms with Crippen molar-refractivity contribution in [2.75, 3.05) is 0 Å². The molecule has 162 valence electrons. The van der Waals surface area contributed by atoms with Gasteiger partial charge in [-0.2, -0.15) is 0 Å². The predicted molar refractivity (Wildman–Crippen MR) is 141 cm³/mol. The molecule has 0 aromatic heterocycles. The largest absolute Gasteiger partial charge is 0.243 e. The van der Waals surface area contributed by atoms with Gasteiger partial charge in [0.15, 0.2) is 0 Å². The molecule has 0 unspecified atom stereocenters. The Morgan fingerprint density at radius 2 is 0.484 bits per heavy atom. The Kier molecular flexibility index (Phi) is 6.29. The lowest BCUT2D eigenvalue weighted by Gasteiger charge is -2.30. The Balaban J connectivity index is 2.61. The van der Waals surface area contributed by atoms with Crippen molar-refractivity contribution in [2.45, 2.75) is 83.1 Å². The molecule has 0 fully saturated rings. The van der Waals surface area contributed by atoms with Crippen LogP contribution in [-0.2, 0) is 0 Å². The fourth-order valence-corrected chi connectivity index (χ4v) is 5.47. The summed E-state index contributed by atoms with van der Waals surface area (Å²) in [6, 6.07) is 7.06. The molecule has 3 rings (SSSR count). The lowest BCUT2D eigenvalue weighted by Crippen LogP contribution is -2.58. The van der Waals surface area contributed by atoms with Crippen molar-refractivity contribution >= 4 is 23.1 Å². The Morgan fingerprint density at radius 3 is 0.645 bits per heavy atom. The topological polar surface area (TPSA) is 0 Å². The average molecular weight is 410 g/mol. The minimum Gasteiger partial charge on any atom is -0.0624 e. The first kappa shape index (κ1) is 23.4. The second-order valence-corrected chi connectivity index (χ2v) is 9.96. The molecular weight excluding hydrogens is 371 g/mol. The fourth-order valence-electron chi connectivity index (χ4n) is 5.47. The normalized spacial score (nSPS) is 11.2. The summed E-state index contributed by atoms with van der Waals surface area (Å²) in [5.41, 5.74) is 21.5. The molecule has 0 spiro atoms. The van der Waals surface area contributed by atoms with Crippen molar-refractivity contribution in [1.82, 2.24) is 0 Å². The molecule has 0 radical (unpaired) electrons. The molecule has 0 N–H and O–H groups in total. The van der Waals surface area contributed by atoms with Crippen LogP contribution in [-0.4, -0.2) is 6.71 Å². The van der Waals surface area contributed by atoms with E-state index in [-0.39, 0.29) is 6.71 Å². The third kappa shape index (κ3) is 3.77. The van der Waals surface area contributed by atoms with Crippen LogP contribution in [0.15, 0.2) is 18.2 Å². The second kappa shape index (κ2) is 8.34. The van der Waals surface area contributed by atoms with E-state index in [1.807, 2.05) is 0 Å². The number of hydrogen-bond donors (Lipinski definition) is 0. The van der Waals surface area contributed by atoms with E-state index in [2.05, 4.69) is 101 Å². The first-order valence-corrected chi connectivity index (χ1v) is 11.6. The number of hydrogen-bond acceptors (Lipinski definition) is 0. The summed E-state index contributed by atoms with van der Waals surface area (Å²) in [7, 11) is 0. The third-order valence-electron chi connectivity index (χ3n) is 8.14. The molecule has 0 nitrogen and oxygen atoms in total. The van der Waals surface area contributed by atoms with E-state index in [4.69, 9.17) is 0 Å². The molecule has 0 aliphatic heterocycles. The maximum atomic E-state index is 2.35. The Labute approximate surface area is 191 Å². The lowest BCUT2D eigenvalue weighted by atomic mass is 9.32. The van der Waals surface area contributed by atoms with Gasteiger partial charge in [0.25, 0.3) is 0 Å². The highest BCUT2D eigenvalue weighted by molar-refractivity contribution is 6.97. The summed E-state index contributed by atoms with van der Waals surface area (Å²) < 4.78 is 0. The second-order valence-electron chi connectivity index (χ2n) is 9.96. The van der Waals surface area contributed by atoms with E-state index >= 15 is 0 Å². The van der Waals surface area contributed by atoms with Gasteiger partial charge in [-0.3, -0.25) is 0 Å². The molecule has 1 heteroatoms. The van der Waals surface area contributed by atoms with Gasteiger partial charge in [0.1, 0.15) is 0 Å². The highest BCUT2D eigenvalue weighted by atomic mass is 14.2. The van der Waals surface area contributed by atoms with Gasteiger partial charge >= 0.3 is 0 Å². The van der Waals surface area contributed by atoms with Gasteiger partial charge in [-0.25, -0.2) is 0 Å². The van der Waals surface area contributed by atoms with Gasteiger partial charge in [0.2, 0.25) is 6.71 Å². The minimum atomic E-state index is 0.246. The molecule has 0 saturated heterocycles. The fraction of sp³-hybridized carbons (Fsp3) is 0.400. The SMILES string of the molecule is Cc1cc(C)c(C)c(B(c2c(C)c(C)cc(C)c2C)c2c(C)c(C)cc(C)c2C)c1C. The van der Waals surface area contributed by atoms with Crippen molar-refractivity contribution in [2.24, 2.45) is 0 Å². The Hall–Kier alpha value is -2.28. The van der Waals surface area contributed by atoms with Crippen molar-refractivity contribution in [3.05, 3.63) is 85.0 Å². The summed E-state index contributed by atoms with van der Waals surface area (Å²) in [5, 5.41) is 0. The number of rotatable bonds is 3. The van der Waals surface area contributed by atoms with Crippen LogP contribution in [0, 0.1) is 83.1 Å². The molecule has 0 bridgehead atoms. The van der Waals surface area contributed by atoms with E-state index < -0.39 is 0 Å². The van der Waals surface area contributed by atoms with Crippen LogP contribution in [0.1, 0.15) is 66.8 Å². The van der Waals surface area contributed by atoms with E-state index in [9.17, 15) is 0 Å². The monoisotopic (exact) mass is 410 g/mol. The van der Waals surface area contributed by atoms with Gasteiger partial charge in [-0.1, -0.05) is 68.0 Å². The standard InChI is InChI=1S/C30H39B/c1-16-13-17(2)23(8)28(22(16)7)31(29-24(9)18(3)14-19(4)25(29)10)30-26(11)20(5)15-21(6)27(30)12/h13-15H,1-12H3. The zero-order chi connectivity index (χ0) is 23.4. The molecule has 31 heavy (non-hydrogen) atoms. The lowest BCUT2D eigenvalue weighted by molar-refractivity contribution is 1.24. The highest BCUT2D eigenvalue weighted by Gasteiger charge is 2.33. The summed E-state index contributed by atoms with van der Waals surface area (Å²) in [4.78, 5) is 0. The van der Waals surface area contributed by atoms with Gasteiger partial charge in [0, 0.05) is 0 Å². The zero-order valence-corrected chi connectivity index (χ0v) is 21.8. The first-order valence-electron chi connectivity index (χ1n) is 11.6. The molecule has 0 heterocycles. The van der Waals surface area contributed by atoms with Gasteiger partial charge < -0.3 is 0 Å². The Morgan fingerprint density at radius 1 is 0.323 bits per heavy atom. The minimum absolute atomic E-state index is 0.246. The van der Waals surface area contributed by atoms with E-state index in [1.165, 1.54) is 83.1 Å². The van der Waals surface area contributed by atoms with Crippen LogP contribution < -0.4 is 16.4 Å². The highest BCUT2D eigenvalue weighted by Crippen LogP contribution is 2.21. The molecule has 3 aromatic carbocycles. The molecular formula is C30H39B. The van der Waals surface area contributed by atoms with Crippen molar-refractivity contribution in [1.29, 1.82) is 0 Å². The summed E-state index contributed by atoms with van der Waals surface area (Å²) in [6.45, 7) is 27.8. The summed E-state index contributed by atoms with van der Waals surface area (Å²) >= 11 is 0. The third-order valence-corrected chi connectivity index (χ3v) is 8.14. The van der Waals surface area contributed by atoms with Crippen molar-refractivity contribution < 1.29 is 0 Å². The molecule has 0 amide bonds. The molecule has 0 aliphatic rings. The summed E-state index contributed by atoms with van der Waals surface area (Å²) in [5.74, 6) is 0. The van der Waals surface area contributed by atoms with Crippen LogP contribution >= 0.6 is 0 Å². The molecule has 3 aromatic rings. The maximum Gasteiger partial charge on any atom is 0.243 e. The van der Waals surface area contributed by atoms with Crippen molar-refractivity contribution in [3.63, 3.8) is 0 Å². The smallest absolute Gasteiger partial charge is 0.0624 e. The van der Waals surface area contributed by atoms with E-state index in [0.717, 1.165) is 0 Å².